The highest BCUT2D eigenvalue weighted by Crippen LogP contribution is 2.19. The molecule has 0 aliphatic rings. The van der Waals surface area contributed by atoms with Crippen LogP contribution in [0.5, 0.6) is 5.75 Å². The van der Waals surface area contributed by atoms with Gasteiger partial charge in [0.05, 0.1) is 0 Å². The highest BCUT2D eigenvalue weighted by atomic mass is 19.1. The molecular formula is C9H8F2O3. The summed E-state index contributed by atoms with van der Waals surface area (Å²) in [6.45, 7) is 0.660. The molecule has 0 bridgehead atoms. The smallest absolute Gasteiger partial charge is 0.341 e. The molecule has 0 atom stereocenters. The van der Waals surface area contributed by atoms with Crippen LogP contribution in [-0.4, -0.2) is 17.7 Å². The fourth-order valence-electron chi connectivity index (χ4n) is 0.850. The summed E-state index contributed by atoms with van der Waals surface area (Å²) in [6.07, 6.45) is 0. The zero-order valence-corrected chi connectivity index (χ0v) is 7.38. The maximum absolute atomic E-state index is 12.9. The van der Waals surface area contributed by atoms with Crippen molar-refractivity contribution >= 4 is 5.97 Å². The number of carboxylic acids is 1. The van der Waals surface area contributed by atoms with Gasteiger partial charge in [0, 0.05) is 17.7 Å². The number of hydrogen-bond acceptors (Lipinski definition) is 2. The number of carbonyl (C=O) groups is 1. The van der Waals surface area contributed by atoms with Gasteiger partial charge in [0.2, 0.25) is 0 Å². The third-order valence-corrected chi connectivity index (χ3v) is 1.62. The van der Waals surface area contributed by atoms with E-state index in [0.717, 1.165) is 12.1 Å². The SMILES string of the molecule is Cc1c(F)cc(OCC(=O)O)cc1F. The van der Waals surface area contributed by atoms with E-state index < -0.39 is 24.2 Å². The molecule has 5 heteroatoms. The lowest BCUT2D eigenvalue weighted by Gasteiger charge is -2.05. The van der Waals surface area contributed by atoms with Crippen LogP contribution in [0.3, 0.4) is 0 Å². The van der Waals surface area contributed by atoms with E-state index >= 15 is 0 Å². The normalized spacial score (nSPS) is 9.93. The molecule has 1 aromatic rings. The van der Waals surface area contributed by atoms with Crippen molar-refractivity contribution in [1.29, 1.82) is 0 Å². The highest BCUT2D eigenvalue weighted by molar-refractivity contribution is 5.68. The van der Waals surface area contributed by atoms with Gasteiger partial charge in [-0.15, -0.1) is 0 Å². The largest absolute Gasteiger partial charge is 0.482 e. The number of aliphatic carboxylic acids is 1. The minimum Gasteiger partial charge on any atom is -0.482 e. The molecule has 1 aromatic carbocycles. The lowest BCUT2D eigenvalue weighted by Crippen LogP contribution is -2.09. The van der Waals surface area contributed by atoms with Gasteiger partial charge in [-0.05, 0) is 6.92 Å². The fraction of sp³-hybridized carbons (Fsp3) is 0.222. The average Bonchev–Trinajstić information content (AvgIpc) is 2.10. The number of rotatable bonds is 3. The molecule has 0 heterocycles. The topological polar surface area (TPSA) is 46.5 Å². The number of carboxylic acid groups (broad SMARTS) is 1. The Bertz CT molecular complexity index is 340. The first kappa shape index (κ1) is 10.4. The Hall–Kier alpha value is -1.65. The van der Waals surface area contributed by atoms with Gasteiger partial charge in [-0.2, -0.15) is 0 Å². The molecular weight excluding hydrogens is 194 g/mol. The summed E-state index contributed by atoms with van der Waals surface area (Å²) in [7, 11) is 0. The van der Waals surface area contributed by atoms with Gasteiger partial charge in [-0.1, -0.05) is 0 Å². The number of benzene rings is 1. The maximum Gasteiger partial charge on any atom is 0.341 e. The molecule has 0 amide bonds. The molecule has 76 valence electrons. The fourth-order valence-corrected chi connectivity index (χ4v) is 0.850. The Labute approximate surface area is 78.9 Å². The number of ether oxygens (including phenoxy) is 1. The minimum atomic E-state index is -1.20. The highest BCUT2D eigenvalue weighted by Gasteiger charge is 2.08. The van der Waals surface area contributed by atoms with Crippen LogP contribution in [0.25, 0.3) is 0 Å². The molecule has 1 N–H and O–H groups in total. The lowest BCUT2D eigenvalue weighted by molar-refractivity contribution is -0.139. The second-order valence-corrected chi connectivity index (χ2v) is 2.69. The Morgan fingerprint density at radius 3 is 2.36 bits per heavy atom. The molecule has 0 fully saturated rings. The van der Waals surface area contributed by atoms with Crippen LogP contribution in [0.1, 0.15) is 5.56 Å². The standard InChI is InChI=1S/C9H8F2O3/c1-5-7(10)2-6(3-8(5)11)14-4-9(12)13/h2-3H,4H2,1H3,(H,12,13). The number of hydrogen-bond donors (Lipinski definition) is 1. The second-order valence-electron chi connectivity index (χ2n) is 2.69. The van der Waals surface area contributed by atoms with Gasteiger partial charge in [0.25, 0.3) is 0 Å². The van der Waals surface area contributed by atoms with E-state index in [9.17, 15) is 13.6 Å². The van der Waals surface area contributed by atoms with Crippen LogP contribution in [0.2, 0.25) is 0 Å². The third kappa shape index (κ3) is 2.42. The van der Waals surface area contributed by atoms with Crippen molar-refractivity contribution in [3.8, 4) is 5.75 Å². The third-order valence-electron chi connectivity index (χ3n) is 1.62. The second kappa shape index (κ2) is 4.04. The van der Waals surface area contributed by atoms with Crippen LogP contribution >= 0.6 is 0 Å². The number of halogens is 2. The minimum absolute atomic E-state index is 0.118. The summed E-state index contributed by atoms with van der Waals surface area (Å²) in [5.74, 6) is -2.85. The van der Waals surface area contributed by atoms with Crippen molar-refractivity contribution in [2.24, 2.45) is 0 Å². The first-order valence-electron chi connectivity index (χ1n) is 3.81. The van der Waals surface area contributed by atoms with Gasteiger partial charge in [-0.25, -0.2) is 13.6 Å². The monoisotopic (exact) mass is 202 g/mol. The van der Waals surface area contributed by atoms with E-state index in [2.05, 4.69) is 4.74 Å². The van der Waals surface area contributed by atoms with E-state index in [1.54, 1.807) is 0 Å². The van der Waals surface area contributed by atoms with Crippen LogP contribution in [0, 0.1) is 18.6 Å². The van der Waals surface area contributed by atoms with Gasteiger partial charge in [0.1, 0.15) is 17.4 Å². The Morgan fingerprint density at radius 2 is 1.93 bits per heavy atom. The van der Waals surface area contributed by atoms with E-state index in [4.69, 9.17) is 5.11 Å². The van der Waals surface area contributed by atoms with Crippen molar-refractivity contribution in [3.63, 3.8) is 0 Å². The van der Waals surface area contributed by atoms with E-state index in [0.29, 0.717) is 0 Å². The van der Waals surface area contributed by atoms with Crippen LogP contribution < -0.4 is 4.74 Å². The van der Waals surface area contributed by atoms with E-state index in [-0.39, 0.29) is 11.3 Å². The molecule has 0 unspecified atom stereocenters. The first-order valence-corrected chi connectivity index (χ1v) is 3.81. The summed E-state index contributed by atoms with van der Waals surface area (Å²) >= 11 is 0. The van der Waals surface area contributed by atoms with Gasteiger partial charge >= 0.3 is 5.97 Å². The maximum atomic E-state index is 12.9. The van der Waals surface area contributed by atoms with Crippen molar-refractivity contribution in [3.05, 3.63) is 29.3 Å². The van der Waals surface area contributed by atoms with E-state index in [1.165, 1.54) is 6.92 Å². The molecule has 0 radical (unpaired) electrons. The zero-order valence-electron chi connectivity index (χ0n) is 7.38. The van der Waals surface area contributed by atoms with Crippen molar-refractivity contribution in [2.45, 2.75) is 6.92 Å². The zero-order chi connectivity index (χ0) is 10.7. The summed E-state index contributed by atoms with van der Waals surface area (Å²) in [5.41, 5.74) is -0.118. The molecule has 1 rings (SSSR count). The van der Waals surface area contributed by atoms with Crippen molar-refractivity contribution in [2.75, 3.05) is 6.61 Å². The summed E-state index contributed by atoms with van der Waals surface area (Å²) in [6, 6.07) is 1.89. The van der Waals surface area contributed by atoms with Gasteiger partial charge in [-0.3, -0.25) is 0 Å². The van der Waals surface area contributed by atoms with Gasteiger partial charge < -0.3 is 9.84 Å². The van der Waals surface area contributed by atoms with Gasteiger partial charge in [0.15, 0.2) is 6.61 Å². The first-order chi connectivity index (χ1) is 6.50. The quantitative estimate of drug-likeness (QED) is 0.811. The molecule has 0 aromatic heterocycles. The van der Waals surface area contributed by atoms with Crippen LogP contribution in [-0.2, 0) is 4.79 Å². The molecule has 0 saturated carbocycles. The summed E-state index contributed by atoms with van der Waals surface area (Å²) in [4.78, 5) is 10.1. The van der Waals surface area contributed by atoms with Crippen molar-refractivity contribution < 1.29 is 23.4 Å². The lowest BCUT2D eigenvalue weighted by atomic mass is 10.2. The molecule has 0 aliphatic carbocycles. The predicted molar refractivity (Wildman–Crippen MR) is 44.2 cm³/mol. The molecule has 0 aliphatic heterocycles. The van der Waals surface area contributed by atoms with Crippen molar-refractivity contribution in [1.82, 2.24) is 0 Å². The summed E-state index contributed by atoms with van der Waals surface area (Å²) < 4.78 is 30.4. The predicted octanol–water partition coefficient (Wildman–Crippen LogP) is 1.74. The van der Waals surface area contributed by atoms with Crippen LogP contribution in [0.15, 0.2) is 12.1 Å². The average molecular weight is 202 g/mol. The molecule has 14 heavy (non-hydrogen) atoms. The Morgan fingerprint density at radius 1 is 1.43 bits per heavy atom. The summed E-state index contributed by atoms with van der Waals surface area (Å²) in [5, 5.41) is 8.26. The Balaban J connectivity index is 2.84. The van der Waals surface area contributed by atoms with E-state index in [1.807, 2.05) is 0 Å². The molecule has 0 spiro atoms. The molecule has 0 saturated heterocycles. The molecule has 3 nitrogen and oxygen atoms in total. The van der Waals surface area contributed by atoms with Crippen LogP contribution in [0.4, 0.5) is 8.78 Å². The Kier molecular flexibility index (Phi) is 3.01.